The van der Waals surface area contributed by atoms with Crippen molar-refractivity contribution < 1.29 is 18.0 Å². The van der Waals surface area contributed by atoms with E-state index >= 15 is 0 Å². The molecule has 0 spiro atoms. The predicted octanol–water partition coefficient (Wildman–Crippen LogP) is -1.62. The van der Waals surface area contributed by atoms with Crippen LogP contribution in [0.15, 0.2) is 0 Å². The Morgan fingerprint density at radius 1 is 1.40 bits per heavy atom. The normalized spacial score (nSPS) is 17.8. The summed E-state index contributed by atoms with van der Waals surface area (Å²) in [6, 6.07) is 0. The monoisotopic (exact) mass is 234 g/mol. The van der Waals surface area contributed by atoms with Gasteiger partial charge in [0.25, 0.3) is 0 Å². The molecule has 1 fully saturated rings. The fourth-order valence-electron chi connectivity index (χ4n) is 1.20. The van der Waals surface area contributed by atoms with Gasteiger partial charge in [0.1, 0.15) is 0 Å². The summed E-state index contributed by atoms with van der Waals surface area (Å²) in [5, 5.41) is 2.39. The second kappa shape index (κ2) is 4.61. The minimum atomic E-state index is -3.09. The zero-order chi connectivity index (χ0) is 11.5. The van der Waals surface area contributed by atoms with Gasteiger partial charge in [-0.15, -0.1) is 0 Å². The first-order valence-corrected chi connectivity index (χ1v) is 6.51. The van der Waals surface area contributed by atoms with Gasteiger partial charge >= 0.3 is 0 Å². The van der Waals surface area contributed by atoms with Crippen LogP contribution < -0.4 is 5.32 Å². The lowest BCUT2D eigenvalue weighted by atomic mass is 10.3. The largest absolute Gasteiger partial charge is 0.345 e. The van der Waals surface area contributed by atoms with Crippen molar-refractivity contribution in [2.45, 2.75) is 6.92 Å². The molecule has 0 saturated carbocycles. The first kappa shape index (κ1) is 12.0. The van der Waals surface area contributed by atoms with E-state index in [4.69, 9.17) is 0 Å². The Hall–Kier alpha value is -1.11. The van der Waals surface area contributed by atoms with E-state index in [1.165, 1.54) is 4.90 Å². The molecule has 1 rings (SSSR count). The van der Waals surface area contributed by atoms with E-state index in [1.807, 2.05) is 0 Å². The second-order valence-corrected chi connectivity index (χ2v) is 5.80. The molecule has 0 aromatic heterocycles. The molecule has 0 aliphatic carbocycles. The number of amides is 2. The van der Waals surface area contributed by atoms with Gasteiger partial charge in [0.15, 0.2) is 9.84 Å². The smallest absolute Gasteiger partial charge is 0.242 e. The third kappa shape index (κ3) is 3.50. The van der Waals surface area contributed by atoms with Gasteiger partial charge in [-0.05, 0) is 0 Å². The van der Waals surface area contributed by atoms with Gasteiger partial charge in [-0.1, -0.05) is 6.92 Å². The lowest BCUT2D eigenvalue weighted by Crippen LogP contribution is -2.52. The van der Waals surface area contributed by atoms with Crippen LogP contribution in [0.2, 0.25) is 0 Å². The molecule has 7 heteroatoms. The van der Waals surface area contributed by atoms with Crippen molar-refractivity contribution in [2.24, 2.45) is 0 Å². The van der Waals surface area contributed by atoms with Crippen molar-refractivity contribution in [3.05, 3.63) is 0 Å². The van der Waals surface area contributed by atoms with E-state index < -0.39 is 9.84 Å². The van der Waals surface area contributed by atoms with Gasteiger partial charge < -0.3 is 10.2 Å². The lowest BCUT2D eigenvalue weighted by Gasteiger charge is -2.26. The molecule has 0 atom stereocenters. The fourth-order valence-corrected chi connectivity index (χ4v) is 1.99. The highest BCUT2D eigenvalue weighted by molar-refractivity contribution is 7.91. The van der Waals surface area contributed by atoms with Crippen molar-refractivity contribution in [1.82, 2.24) is 10.2 Å². The molecule has 0 radical (unpaired) electrons. The standard InChI is InChI=1S/C8H14N2O4S/c1-2-15(13,14)4-3-10-6-7(11)9-5-8(10)12/h2-6H2,1H3,(H,9,11). The second-order valence-electron chi connectivity index (χ2n) is 3.33. The van der Waals surface area contributed by atoms with Crippen molar-refractivity contribution in [3.8, 4) is 0 Å². The first-order valence-electron chi connectivity index (χ1n) is 4.69. The number of nitrogens with one attached hydrogen (secondary N) is 1. The van der Waals surface area contributed by atoms with Crippen LogP contribution >= 0.6 is 0 Å². The summed E-state index contributed by atoms with van der Waals surface area (Å²) in [5.41, 5.74) is 0. The summed E-state index contributed by atoms with van der Waals surface area (Å²) >= 11 is 0. The molecule has 15 heavy (non-hydrogen) atoms. The SMILES string of the molecule is CCS(=O)(=O)CCN1CC(=O)NCC1=O. The molecule has 0 aromatic carbocycles. The number of nitrogens with zero attached hydrogens (tertiary/aromatic N) is 1. The molecule has 86 valence electrons. The zero-order valence-corrected chi connectivity index (χ0v) is 9.34. The Morgan fingerprint density at radius 2 is 2.07 bits per heavy atom. The van der Waals surface area contributed by atoms with Crippen LogP contribution in [0.1, 0.15) is 6.92 Å². The topological polar surface area (TPSA) is 83.6 Å². The van der Waals surface area contributed by atoms with Crippen LogP contribution in [0, 0.1) is 0 Å². The summed E-state index contributed by atoms with van der Waals surface area (Å²) in [6.07, 6.45) is 0. The number of rotatable bonds is 4. The maximum Gasteiger partial charge on any atom is 0.242 e. The molecular formula is C8H14N2O4S. The third-order valence-corrected chi connectivity index (χ3v) is 3.92. The zero-order valence-electron chi connectivity index (χ0n) is 8.52. The number of hydrogen-bond acceptors (Lipinski definition) is 4. The summed E-state index contributed by atoms with van der Waals surface area (Å²) in [6.45, 7) is 1.57. The van der Waals surface area contributed by atoms with Crippen molar-refractivity contribution >= 4 is 21.7 Å². The van der Waals surface area contributed by atoms with E-state index in [9.17, 15) is 18.0 Å². The van der Waals surface area contributed by atoms with Gasteiger partial charge in [-0.3, -0.25) is 9.59 Å². The summed E-state index contributed by atoms with van der Waals surface area (Å²) in [5.74, 6) is -0.506. The lowest BCUT2D eigenvalue weighted by molar-refractivity contribution is -0.140. The highest BCUT2D eigenvalue weighted by Gasteiger charge is 2.23. The Bertz CT molecular complexity index is 363. The van der Waals surface area contributed by atoms with Gasteiger partial charge in [-0.2, -0.15) is 0 Å². The Kier molecular flexibility index (Phi) is 3.67. The van der Waals surface area contributed by atoms with Gasteiger partial charge in [-0.25, -0.2) is 8.42 Å². The third-order valence-electron chi connectivity index (χ3n) is 2.24. The number of piperazine rings is 1. The number of hydrogen-bond donors (Lipinski definition) is 1. The number of sulfone groups is 1. The Morgan fingerprint density at radius 3 is 2.67 bits per heavy atom. The molecule has 6 nitrogen and oxygen atoms in total. The van der Waals surface area contributed by atoms with Crippen LogP contribution in [0.5, 0.6) is 0 Å². The van der Waals surface area contributed by atoms with Gasteiger partial charge in [0.05, 0.1) is 18.8 Å². The summed E-state index contributed by atoms with van der Waals surface area (Å²) < 4.78 is 22.4. The van der Waals surface area contributed by atoms with Crippen LogP contribution in [-0.2, 0) is 19.4 Å². The molecule has 0 bridgehead atoms. The molecule has 1 saturated heterocycles. The molecule has 0 aromatic rings. The van der Waals surface area contributed by atoms with Crippen LogP contribution in [-0.4, -0.2) is 56.3 Å². The number of carbonyl (C=O) groups excluding carboxylic acids is 2. The van der Waals surface area contributed by atoms with Gasteiger partial charge in [0.2, 0.25) is 11.8 Å². The molecule has 2 amide bonds. The van der Waals surface area contributed by atoms with Crippen molar-refractivity contribution in [2.75, 3.05) is 31.1 Å². The summed E-state index contributed by atoms with van der Waals surface area (Å²) in [4.78, 5) is 23.5. The maximum atomic E-state index is 11.3. The van der Waals surface area contributed by atoms with Crippen LogP contribution in [0.3, 0.4) is 0 Å². The highest BCUT2D eigenvalue weighted by Crippen LogP contribution is 1.98. The number of carbonyl (C=O) groups is 2. The van der Waals surface area contributed by atoms with E-state index in [-0.39, 0.29) is 43.0 Å². The minimum Gasteiger partial charge on any atom is -0.345 e. The van der Waals surface area contributed by atoms with Crippen molar-refractivity contribution in [3.63, 3.8) is 0 Å². The minimum absolute atomic E-state index is 0.0367. The Labute approximate surface area is 88.5 Å². The molecule has 0 unspecified atom stereocenters. The predicted molar refractivity (Wildman–Crippen MR) is 53.9 cm³/mol. The van der Waals surface area contributed by atoms with Crippen molar-refractivity contribution in [1.29, 1.82) is 0 Å². The first-order chi connectivity index (χ1) is 6.94. The van der Waals surface area contributed by atoms with Crippen LogP contribution in [0.4, 0.5) is 0 Å². The molecular weight excluding hydrogens is 220 g/mol. The molecule has 1 aliphatic rings. The molecule has 1 heterocycles. The Balaban J connectivity index is 2.50. The molecule has 1 aliphatic heterocycles. The molecule has 1 N–H and O–H groups in total. The van der Waals surface area contributed by atoms with E-state index in [0.717, 1.165) is 0 Å². The van der Waals surface area contributed by atoms with E-state index in [2.05, 4.69) is 5.32 Å². The fraction of sp³-hybridized carbons (Fsp3) is 0.750. The summed E-state index contributed by atoms with van der Waals surface area (Å²) in [7, 11) is -3.09. The van der Waals surface area contributed by atoms with E-state index in [1.54, 1.807) is 6.92 Å². The van der Waals surface area contributed by atoms with Gasteiger partial charge in [0, 0.05) is 12.3 Å². The van der Waals surface area contributed by atoms with Crippen LogP contribution in [0.25, 0.3) is 0 Å². The average molecular weight is 234 g/mol. The maximum absolute atomic E-state index is 11.3. The van der Waals surface area contributed by atoms with E-state index in [0.29, 0.717) is 0 Å². The highest BCUT2D eigenvalue weighted by atomic mass is 32.2. The quantitative estimate of drug-likeness (QED) is 0.633. The average Bonchev–Trinajstić information content (AvgIpc) is 2.20.